The Kier molecular flexibility index (Phi) is 8.04. The summed E-state index contributed by atoms with van der Waals surface area (Å²) >= 11 is 0. The Bertz CT molecular complexity index is 1730. The molecule has 0 bridgehead atoms. The Morgan fingerprint density at radius 3 is 2.74 bits per heavy atom. The Labute approximate surface area is 250 Å². The number of pyridine rings is 1. The number of nitrogens with zero attached hydrogens (tertiary/aromatic N) is 7. The summed E-state index contributed by atoms with van der Waals surface area (Å²) in [7, 11) is 3.93. The highest BCUT2D eigenvalue weighted by atomic mass is 16.4. The lowest BCUT2D eigenvalue weighted by molar-refractivity contribution is 0.0700. The van der Waals surface area contributed by atoms with Gasteiger partial charge in [0, 0.05) is 48.4 Å². The van der Waals surface area contributed by atoms with E-state index in [1.54, 1.807) is 6.20 Å². The number of hydrogen-bond acceptors (Lipinski definition) is 9. The molecular weight excluding hydrogens is 544 g/mol. The standard InChI is InChI=1S/C31H38N10O2/c1-5-22-21(12-18(2)32)14-33-15-24(22)20-6-7-25-23(13-20)28(38-36-25)29-34-16-26(35-29)31(42)41-10-8-19(9-11-41)30-39-37-27(43-30)17-40(3)4/h6-7,13-16,18-19H,5,8-12,17,32H2,1-4H3,(H,34,35)(H,36,38). The third-order valence-electron chi connectivity index (χ3n) is 8.01. The number of hydrogen-bond donors (Lipinski definition) is 3. The number of nitrogens with one attached hydrogen (secondary N) is 2. The number of likely N-dealkylation sites (tertiary alicyclic amines) is 1. The van der Waals surface area contributed by atoms with Crippen LogP contribution < -0.4 is 5.73 Å². The number of piperidine rings is 1. The Hall–Kier alpha value is -4.42. The summed E-state index contributed by atoms with van der Waals surface area (Å²) in [4.78, 5) is 29.5. The molecule has 4 N–H and O–H groups in total. The second-order valence-electron chi connectivity index (χ2n) is 11.7. The van der Waals surface area contributed by atoms with Gasteiger partial charge in [0.05, 0.1) is 18.3 Å². The van der Waals surface area contributed by atoms with E-state index in [4.69, 9.17) is 10.2 Å². The summed E-state index contributed by atoms with van der Waals surface area (Å²) in [6, 6.07) is 6.26. The maximum Gasteiger partial charge on any atom is 0.271 e. The Morgan fingerprint density at radius 1 is 1.19 bits per heavy atom. The van der Waals surface area contributed by atoms with Crippen LogP contribution in [0.4, 0.5) is 0 Å². The van der Waals surface area contributed by atoms with Crippen molar-refractivity contribution in [2.75, 3.05) is 27.2 Å². The first-order valence-electron chi connectivity index (χ1n) is 14.8. The number of nitrogens with two attached hydrogens (primary N) is 1. The number of imidazole rings is 1. The lowest BCUT2D eigenvalue weighted by atomic mass is 9.93. The second kappa shape index (κ2) is 12.1. The van der Waals surface area contributed by atoms with Crippen LogP contribution in [0.3, 0.4) is 0 Å². The topological polar surface area (TPSA) is 159 Å². The van der Waals surface area contributed by atoms with Crippen LogP contribution in [-0.2, 0) is 19.4 Å². The van der Waals surface area contributed by atoms with E-state index in [0.29, 0.717) is 48.6 Å². The molecule has 12 nitrogen and oxygen atoms in total. The molecule has 1 saturated heterocycles. The third-order valence-corrected chi connectivity index (χ3v) is 8.01. The van der Waals surface area contributed by atoms with Crippen LogP contribution in [0.2, 0.25) is 0 Å². The number of carbonyl (C=O) groups excluding carboxylic acids is 1. The molecule has 224 valence electrons. The van der Waals surface area contributed by atoms with Crippen LogP contribution in [0, 0.1) is 0 Å². The molecule has 1 atom stereocenters. The molecular formula is C31H38N10O2. The molecule has 0 spiro atoms. The van der Waals surface area contributed by atoms with Crippen molar-refractivity contribution in [3.8, 4) is 22.6 Å². The molecule has 1 aromatic carbocycles. The molecule has 4 aromatic heterocycles. The van der Waals surface area contributed by atoms with E-state index in [9.17, 15) is 4.79 Å². The molecule has 12 heteroatoms. The molecule has 43 heavy (non-hydrogen) atoms. The zero-order valence-corrected chi connectivity index (χ0v) is 25.1. The first-order valence-corrected chi connectivity index (χ1v) is 14.8. The first kappa shape index (κ1) is 28.7. The number of aromatic nitrogens is 7. The molecule has 1 fully saturated rings. The summed E-state index contributed by atoms with van der Waals surface area (Å²) in [6.45, 7) is 5.99. The molecule has 1 aliphatic rings. The van der Waals surface area contributed by atoms with Gasteiger partial charge in [-0.25, -0.2) is 4.98 Å². The highest BCUT2D eigenvalue weighted by Crippen LogP contribution is 2.33. The van der Waals surface area contributed by atoms with Crippen LogP contribution in [0.1, 0.15) is 66.0 Å². The summed E-state index contributed by atoms with van der Waals surface area (Å²) < 4.78 is 5.86. The number of aromatic amines is 2. The fourth-order valence-corrected chi connectivity index (χ4v) is 5.90. The quantitative estimate of drug-likeness (QED) is 0.234. The fraction of sp³-hybridized carbons (Fsp3) is 0.419. The van der Waals surface area contributed by atoms with Crippen LogP contribution in [0.25, 0.3) is 33.5 Å². The van der Waals surface area contributed by atoms with E-state index < -0.39 is 0 Å². The van der Waals surface area contributed by atoms with Crippen molar-refractivity contribution in [3.63, 3.8) is 0 Å². The van der Waals surface area contributed by atoms with Crippen LogP contribution in [0.15, 0.2) is 41.2 Å². The van der Waals surface area contributed by atoms with Crippen LogP contribution in [-0.4, -0.2) is 84.3 Å². The van der Waals surface area contributed by atoms with Gasteiger partial charge in [0.15, 0.2) is 5.82 Å². The monoisotopic (exact) mass is 582 g/mol. The SMILES string of the molecule is CCc1c(CC(C)N)cncc1-c1ccc2[nH]nc(-c3ncc(C(=O)N4CCC(c5nnc(CN(C)C)o5)CC4)[nH]3)c2c1. The van der Waals surface area contributed by atoms with Gasteiger partial charge in [0.25, 0.3) is 5.91 Å². The van der Waals surface area contributed by atoms with Gasteiger partial charge in [0.1, 0.15) is 11.4 Å². The predicted molar refractivity (Wildman–Crippen MR) is 163 cm³/mol. The van der Waals surface area contributed by atoms with Gasteiger partial charge in [-0.15, -0.1) is 10.2 Å². The van der Waals surface area contributed by atoms with Crippen molar-refractivity contribution < 1.29 is 9.21 Å². The van der Waals surface area contributed by atoms with E-state index >= 15 is 0 Å². The van der Waals surface area contributed by atoms with Crippen molar-refractivity contribution in [2.24, 2.45) is 5.73 Å². The van der Waals surface area contributed by atoms with E-state index in [0.717, 1.165) is 47.7 Å². The molecule has 1 aliphatic heterocycles. The molecule has 0 aliphatic carbocycles. The van der Waals surface area contributed by atoms with Gasteiger partial charge in [-0.1, -0.05) is 13.0 Å². The van der Waals surface area contributed by atoms with Crippen molar-refractivity contribution in [2.45, 2.75) is 58.0 Å². The summed E-state index contributed by atoms with van der Waals surface area (Å²) in [5, 5.41) is 17.0. The lowest BCUT2D eigenvalue weighted by Crippen LogP contribution is -2.38. The highest BCUT2D eigenvalue weighted by molar-refractivity contribution is 5.96. The molecule has 0 radical (unpaired) electrons. The fourth-order valence-electron chi connectivity index (χ4n) is 5.90. The van der Waals surface area contributed by atoms with E-state index in [1.807, 2.05) is 49.3 Å². The third kappa shape index (κ3) is 5.93. The van der Waals surface area contributed by atoms with Crippen LogP contribution in [0.5, 0.6) is 0 Å². The minimum absolute atomic E-state index is 0.0547. The summed E-state index contributed by atoms with van der Waals surface area (Å²) in [5.74, 6) is 1.87. The number of carbonyl (C=O) groups is 1. The number of fused-ring (bicyclic) bond motifs is 1. The average Bonchev–Trinajstić information content (AvgIpc) is 3.76. The number of H-pyrrole nitrogens is 2. The number of amides is 1. The molecule has 6 rings (SSSR count). The van der Waals surface area contributed by atoms with Crippen molar-refractivity contribution in [1.29, 1.82) is 0 Å². The minimum atomic E-state index is -0.0823. The van der Waals surface area contributed by atoms with Gasteiger partial charge < -0.3 is 24.9 Å². The second-order valence-corrected chi connectivity index (χ2v) is 11.7. The van der Waals surface area contributed by atoms with Crippen molar-refractivity contribution in [1.82, 2.24) is 45.1 Å². The molecule has 0 saturated carbocycles. The van der Waals surface area contributed by atoms with Gasteiger partial charge in [0.2, 0.25) is 11.8 Å². The zero-order valence-electron chi connectivity index (χ0n) is 25.1. The minimum Gasteiger partial charge on any atom is -0.424 e. The maximum absolute atomic E-state index is 13.4. The van der Waals surface area contributed by atoms with Crippen molar-refractivity contribution in [3.05, 3.63) is 65.4 Å². The molecule has 1 amide bonds. The largest absolute Gasteiger partial charge is 0.424 e. The van der Waals surface area contributed by atoms with E-state index in [-0.39, 0.29) is 17.9 Å². The highest BCUT2D eigenvalue weighted by Gasteiger charge is 2.29. The summed E-state index contributed by atoms with van der Waals surface area (Å²) in [5.41, 5.74) is 12.7. The number of rotatable bonds is 9. The molecule has 5 heterocycles. The normalized spacial score (nSPS) is 15.1. The Balaban J connectivity index is 1.19. The van der Waals surface area contributed by atoms with Gasteiger partial charge in [-0.2, -0.15) is 5.10 Å². The maximum atomic E-state index is 13.4. The Morgan fingerprint density at radius 2 is 2.00 bits per heavy atom. The summed E-state index contributed by atoms with van der Waals surface area (Å²) in [6.07, 6.45) is 8.62. The van der Waals surface area contributed by atoms with Gasteiger partial charge in [-0.3, -0.25) is 14.9 Å². The smallest absolute Gasteiger partial charge is 0.271 e. The van der Waals surface area contributed by atoms with Crippen LogP contribution >= 0.6 is 0 Å². The zero-order chi connectivity index (χ0) is 30.1. The lowest BCUT2D eigenvalue weighted by Gasteiger charge is -2.30. The predicted octanol–water partition coefficient (Wildman–Crippen LogP) is 3.93. The van der Waals surface area contributed by atoms with Gasteiger partial charge in [-0.05, 0) is 75.5 Å². The van der Waals surface area contributed by atoms with Crippen molar-refractivity contribution >= 4 is 16.8 Å². The van der Waals surface area contributed by atoms with Gasteiger partial charge >= 0.3 is 0 Å². The molecule has 1 unspecified atom stereocenters. The average molecular weight is 583 g/mol. The van der Waals surface area contributed by atoms with E-state index in [1.165, 1.54) is 11.1 Å². The first-order chi connectivity index (χ1) is 20.8. The van der Waals surface area contributed by atoms with E-state index in [2.05, 4.69) is 54.4 Å². The molecule has 5 aromatic rings. The number of benzene rings is 1.